The van der Waals surface area contributed by atoms with E-state index in [0.29, 0.717) is 29.9 Å². The van der Waals surface area contributed by atoms with Crippen LogP contribution in [-0.2, 0) is 11.3 Å². The number of nitrogens with one attached hydrogen (secondary N) is 1. The Hall–Kier alpha value is -1.62. The van der Waals surface area contributed by atoms with Crippen LogP contribution in [0.25, 0.3) is 11.0 Å². The second kappa shape index (κ2) is 5.57. The quantitative estimate of drug-likeness (QED) is 0.877. The van der Waals surface area contributed by atoms with Crippen molar-refractivity contribution in [1.29, 1.82) is 0 Å². The molecule has 1 N–H and O–H groups in total. The SMILES string of the molecule is CC(=O)NCCn1c(C(C)Cl)nc2cccc(F)c21. The number of carbonyl (C=O) groups is 1. The van der Waals surface area contributed by atoms with Gasteiger partial charge in [0.1, 0.15) is 17.2 Å². The summed E-state index contributed by atoms with van der Waals surface area (Å²) in [5, 5.41) is 2.35. The van der Waals surface area contributed by atoms with Gasteiger partial charge >= 0.3 is 0 Å². The van der Waals surface area contributed by atoms with Crippen LogP contribution >= 0.6 is 11.6 Å². The molecule has 6 heteroatoms. The van der Waals surface area contributed by atoms with Crippen molar-refractivity contribution < 1.29 is 9.18 Å². The van der Waals surface area contributed by atoms with Crippen molar-refractivity contribution in [3.05, 3.63) is 29.8 Å². The van der Waals surface area contributed by atoms with Crippen molar-refractivity contribution in [3.63, 3.8) is 0 Å². The first-order valence-corrected chi connectivity index (χ1v) is 6.47. The lowest BCUT2D eigenvalue weighted by Crippen LogP contribution is -2.25. The van der Waals surface area contributed by atoms with Crippen molar-refractivity contribution in [2.75, 3.05) is 6.54 Å². The fourth-order valence-corrected chi connectivity index (χ4v) is 2.20. The molecule has 0 saturated heterocycles. The number of para-hydroxylation sites is 1. The van der Waals surface area contributed by atoms with E-state index in [4.69, 9.17) is 11.6 Å². The van der Waals surface area contributed by atoms with Crippen LogP contribution in [0.15, 0.2) is 18.2 Å². The molecule has 0 bridgehead atoms. The van der Waals surface area contributed by atoms with E-state index in [1.165, 1.54) is 13.0 Å². The Labute approximate surface area is 115 Å². The van der Waals surface area contributed by atoms with Crippen LogP contribution < -0.4 is 5.32 Å². The minimum Gasteiger partial charge on any atom is -0.355 e. The van der Waals surface area contributed by atoms with Crippen LogP contribution in [-0.4, -0.2) is 22.0 Å². The van der Waals surface area contributed by atoms with E-state index < -0.39 is 0 Å². The molecule has 2 aromatic rings. The molecule has 0 spiro atoms. The number of imidazole rings is 1. The molecule has 0 aliphatic carbocycles. The van der Waals surface area contributed by atoms with Gasteiger partial charge < -0.3 is 9.88 Å². The smallest absolute Gasteiger partial charge is 0.216 e. The molecule has 19 heavy (non-hydrogen) atoms. The van der Waals surface area contributed by atoms with Gasteiger partial charge in [0.05, 0.1) is 10.9 Å². The van der Waals surface area contributed by atoms with Gasteiger partial charge in [-0.25, -0.2) is 9.37 Å². The largest absolute Gasteiger partial charge is 0.355 e. The fraction of sp³-hybridized carbons (Fsp3) is 0.385. The molecule has 0 aliphatic heterocycles. The molecule has 1 heterocycles. The summed E-state index contributed by atoms with van der Waals surface area (Å²) in [6, 6.07) is 4.75. The molecule has 1 atom stereocenters. The molecule has 1 aromatic heterocycles. The zero-order valence-corrected chi connectivity index (χ0v) is 11.5. The lowest BCUT2D eigenvalue weighted by atomic mass is 10.3. The Morgan fingerprint density at radius 3 is 2.95 bits per heavy atom. The molecular weight excluding hydrogens is 269 g/mol. The number of amides is 1. The fourth-order valence-electron chi connectivity index (χ4n) is 2.03. The standard InChI is InChI=1S/C13H15ClFN3O/c1-8(14)13-17-11-5-3-4-10(15)12(11)18(13)7-6-16-9(2)19/h3-5,8H,6-7H2,1-2H3,(H,16,19). The van der Waals surface area contributed by atoms with E-state index in [0.717, 1.165) is 0 Å². The summed E-state index contributed by atoms with van der Waals surface area (Å²) in [6.45, 7) is 4.07. The number of nitrogens with zero attached hydrogens (tertiary/aromatic N) is 2. The van der Waals surface area contributed by atoms with Gasteiger partial charge in [0.25, 0.3) is 0 Å². The maximum atomic E-state index is 13.9. The van der Waals surface area contributed by atoms with Crippen molar-refractivity contribution >= 4 is 28.5 Å². The summed E-state index contributed by atoms with van der Waals surface area (Å²) in [6.07, 6.45) is 0. The maximum Gasteiger partial charge on any atom is 0.216 e. The summed E-state index contributed by atoms with van der Waals surface area (Å²) >= 11 is 6.08. The molecule has 0 radical (unpaired) electrons. The molecule has 102 valence electrons. The van der Waals surface area contributed by atoms with Crippen LogP contribution in [0.1, 0.15) is 25.0 Å². The first kappa shape index (κ1) is 13.8. The second-order valence-electron chi connectivity index (χ2n) is 4.33. The highest BCUT2D eigenvalue weighted by atomic mass is 35.5. The number of carbonyl (C=O) groups excluding carboxylic acids is 1. The highest BCUT2D eigenvalue weighted by molar-refractivity contribution is 6.20. The van der Waals surface area contributed by atoms with Crippen molar-refractivity contribution in [3.8, 4) is 0 Å². The second-order valence-corrected chi connectivity index (χ2v) is 4.98. The van der Waals surface area contributed by atoms with Gasteiger partial charge in [-0.1, -0.05) is 6.07 Å². The van der Waals surface area contributed by atoms with Gasteiger partial charge in [-0.15, -0.1) is 11.6 Å². The van der Waals surface area contributed by atoms with Crippen LogP contribution in [0.3, 0.4) is 0 Å². The Kier molecular flexibility index (Phi) is 4.04. The Bertz CT molecular complexity index is 609. The third-order valence-electron chi connectivity index (χ3n) is 2.81. The van der Waals surface area contributed by atoms with Crippen LogP contribution in [0, 0.1) is 5.82 Å². The van der Waals surface area contributed by atoms with Crippen LogP contribution in [0.5, 0.6) is 0 Å². The van der Waals surface area contributed by atoms with E-state index in [-0.39, 0.29) is 17.1 Å². The number of benzene rings is 1. The van der Waals surface area contributed by atoms with Gasteiger partial charge in [-0.3, -0.25) is 4.79 Å². The zero-order chi connectivity index (χ0) is 14.0. The summed E-state index contributed by atoms with van der Waals surface area (Å²) in [7, 11) is 0. The average molecular weight is 284 g/mol. The number of fused-ring (bicyclic) bond motifs is 1. The van der Waals surface area contributed by atoms with Gasteiger partial charge in [0.2, 0.25) is 5.91 Å². The number of alkyl halides is 1. The van der Waals surface area contributed by atoms with E-state index >= 15 is 0 Å². The van der Waals surface area contributed by atoms with Crippen LogP contribution in [0.4, 0.5) is 4.39 Å². The molecule has 2 rings (SSSR count). The topological polar surface area (TPSA) is 46.9 Å². The predicted octanol–water partition coefficient (Wildman–Crippen LogP) is 2.61. The normalized spacial score (nSPS) is 12.6. The van der Waals surface area contributed by atoms with Crippen molar-refractivity contribution in [2.24, 2.45) is 0 Å². The first-order chi connectivity index (χ1) is 9.00. The minimum atomic E-state index is -0.337. The molecule has 0 aliphatic rings. The highest BCUT2D eigenvalue weighted by Crippen LogP contribution is 2.25. The summed E-state index contributed by atoms with van der Waals surface area (Å²) in [4.78, 5) is 15.2. The van der Waals surface area contributed by atoms with E-state index in [2.05, 4.69) is 10.3 Å². The number of halogens is 2. The number of aromatic nitrogens is 2. The molecular formula is C13H15ClFN3O. The van der Waals surface area contributed by atoms with E-state index in [1.54, 1.807) is 23.6 Å². The van der Waals surface area contributed by atoms with Gasteiger partial charge in [0, 0.05) is 20.0 Å². The third-order valence-corrected chi connectivity index (χ3v) is 3.01. The lowest BCUT2D eigenvalue weighted by molar-refractivity contribution is -0.118. The molecule has 0 fully saturated rings. The van der Waals surface area contributed by atoms with E-state index in [1.807, 2.05) is 0 Å². The summed E-state index contributed by atoms with van der Waals surface area (Å²) in [5.74, 6) is 0.147. The maximum absolute atomic E-state index is 13.9. The predicted molar refractivity (Wildman–Crippen MR) is 72.6 cm³/mol. The Morgan fingerprint density at radius 2 is 2.32 bits per heavy atom. The van der Waals surface area contributed by atoms with Gasteiger partial charge in [-0.2, -0.15) is 0 Å². The van der Waals surface area contributed by atoms with Crippen molar-refractivity contribution in [2.45, 2.75) is 25.8 Å². The van der Waals surface area contributed by atoms with Gasteiger partial charge in [0.15, 0.2) is 0 Å². The summed E-state index contributed by atoms with van der Waals surface area (Å²) in [5.41, 5.74) is 1.00. The average Bonchev–Trinajstić information content (AvgIpc) is 2.69. The van der Waals surface area contributed by atoms with Gasteiger partial charge in [-0.05, 0) is 19.1 Å². The molecule has 1 aromatic carbocycles. The molecule has 1 amide bonds. The number of rotatable bonds is 4. The number of hydrogen-bond acceptors (Lipinski definition) is 2. The minimum absolute atomic E-state index is 0.120. The van der Waals surface area contributed by atoms with Crippen molar-refractivity contribution in [1.82, 2.24) is 14.9 Å². The highest BCUT2D eigenvalue weighted by Gasteiger charge is 2.17. The molecule has 4 nitrogen and oxygen atoms in total. The third kappa shape index (κ3) is 2.87. The summed E-state index contributed by atoms with van der Waals surface area (Å²) < 4.78 is 15.6. The monoisotopic (exact) mass is 283 g/mol. The Balaban J connectivity index is 2.42. The van der Waals surface area contributed by atoms with E-state index in [9.17, 15) is 9.18 Å². The van der Waals surface area contributed by atoms with Crippen LogP contribution in [0.2, 0.25) is 0 Å². The first-order valence-electron chi connectivity index (χ1n) is 6.04. The zero-order valence-electron chi connectivity index (χ0n) is 10.8. The Morgan fingerprint density at radius 1 is 1.58 bits per heavy atom. The molecule has 1 unspecified atom stereocenters. The molecule has 0 saturated carbocycles. The lowest BCUT2D eigenvalue weighted by Gasteiger charge is -2.11. The number of hydrogen-bond donors (Lipinski definition) is 1.